The van der Waals surface area contributed by atoms with E-state index in [-0.39, 0.29) is 36.7 Å². The number of hydrogen-bond donors (Lipinski definition) is 4. The van der Waals surface area contributed by atoms with Gasteiger partial charge in [-0.05, 0) is 80.0 Å². The number of esters is 1. The van der Waals surface area contributed by atoms with Gasteiger partial charge in [0.05, 0.1) is 12.6 Å². The highest BCUT2D eigenvalue weighted by Gasteiger charge is 2.44. The summed E-state index contributed by atoms with van der Waals surface area (Å²) in [6.07, 6.45) is 9.14. The molecule has 3 aromatic rings. The van der Waals surface area contributed by atoms with E-state index < -0.39 is 17.6 Å². The van der Waals surface area contributed by atoms with Gasteiger partial charge in [-0.1, -0.05) is 105 Å². The molecule has 3 fully saturated rings. The van der Waals surface area contributed by atoms with Crippen LogP contribution < -0.4 is 10.6 Å². The van der Waals surface area contributed by atoms with Crippen LogP contribution in [-0.4, -0.2) is 70.5 Å². The number of carbonyl (C=O) groups is 2. The van der Waals surface area contributed by atoms with Gasteiger partial charge >= 0.3 is 12.0 Å². The van der Waals surface area contributed by atoms with Crippen LogP contribution in [-0.2, 0) is 15.1 Å². The number of nitrogens with zero attached hydrogens (tertiary/aromatic N) is 1. The van der Waals surface area contributed by atoms with Crippen LogP contribution in [0.4, 0.5) is 4.79 Å². The van der Waals surface area contributed by atoms with Gasteiger partial charge in [0.15, 0.2) is 0 Å². The molecule has 2 bridgehead atoms. The number of rotatable bonds is 13. The number of benzene rings is 3. The first kappa shape index (κ1) is 36.1. The third kappa shape index (κ3) is 8.25. The van der Waals surface area contributed by atoms with E-state index in [1.165, 1.54) is 0 Å². The second kappa shape index (κ2) is 16.5. The Hall–Kier alpha value is -3.72. The highest BCUT2D eigenvalue weighted by atomic mass is 16.5. The highest BCUT2D eigenvalue weighted by Crippen LogP contribution is 2.39. The predicted molar refractivity (Wildman–Crippen MR) is 195 cm³/mol. The summed E-state index contributed by atoms with van der Waals surface area (Å²) < 4.78 is 5.99. The van der Waals surface area contributed by atoms with Crippen LogP contribution >= 0.6 is 0 Å². The first-order valence-electron chi connectivity index (χ1n) is 18.8. The lowest BCUT2D eigenvalue weighted by atomic mass is 9.76. The molecule has 2 heterocycles. The number of amides is 2. The maximum absolute atomic E-state index is 13.5. The van der Waals surface area contributed by atoms with Gasteiger partial charge in [-0.2, -0.15) is 0 Å². The number of nitrogens with one attached hydrogen (secondary N) is 2. The Morgan fingerprint density at radius 2 is 1.36 bits per heavy atom. The first-order valence-corrected chi connectivity index (χ1v) is 18.8. The van der Waals surface area contributed by atoms with E-state index in [0.29, 0.717) is 18.0 Å². The van der Waals surface area contributed by atoms with Gasteiger partial charge in [0.25, 0.3) is 0 Å². The lowest BCUT2D eigenvalue weighted by molar-refractivity contribution is -0.155. The summed E-state index contributed by atoms with van der Waals surface area (Å²) in [4.78, 5) is 29.1. The number of piperidine rings is 1. The maximum atomic E-state index is 13.5. The summed E-state index contributed by atoms with van der Waals surface area (Å²) >= 11 is 0. The Kier molecular flexibility index (Phi) is 11.9. The van der Waals surface area contributed by atoms with Crippen molar-refractivity contribution in [1.82, 2.24) is 15.5 Å². The zero-order chi connectivity index (χ0) is 35.1. The minimum Gasteiger partial charge on any atom is -0.462 e. The van der Waals surface area contributed by atoms with Gasteiger partial charge in [-0.15, -0.1) is 0 Å². The van der Waals surface area contributed by atoms with E-state index >= 15 is 0 Å². The molecule has 1 saturated carbocycles. The fraction of sp³-hybridized carbons (Fsp3) is 0.524. The number of hydrogen-bond acceptors (Lipinski definition) is 6. The zero-order valence-electron chi connectivity index (χ0n) is 29.6. The molecule has 0 spiro atoms. The minimum absolute atomic E-state index is 0.0268. The van der Waals surface area contributed by atoms with Crippen molar-refractivity contribution in [3.05, 3.63) is 108 Å². The molecule has 6 rings (SSSR count). The van der Waals surface area contributed by atoms with Gasteiger partial charge in [0, 0.05) is 31.0 Å². The monoisotopic (exact) mass is 681 g/mol. The van der Waals surface area contributed by atoms with E-state index in [1.54, 1.807) is 0 Å². The van der Waals surface area contributed by atoms with Gasteiger partial charge in [0.2, 0.25) is 0 Å². The topological polar surface area (TPSA) is 111 Å². The average Bonchev–Trinajstić information content (AvgIpc) is 3.38. The first-order chi connectivity index (χ1) is 24.3. The summed E-state index contributed by atoms with van der Waals surface area (Å²) in [5, 5.41) is 28.7. The van der Waals surface area contributed by atoms with Gasteiger partial charge < -0.3 is 25.6 Å². The van der Waals surface area contributed by atoms with Crippen molar-refractivity contribution < 1.29 is 24.5 Å². The molecule has 4 atom stereocenters. The largest absolute Gasteiger partial charge is 0.462 e. The van der Waals surface area contributed by atoms with Crippen LogP contribution in [0.25, 0.3) is 0 Å². The van der Waals surface area contributed by atoms with Crippen molar-refractivity contribution in [3.63, 3.8) is 0 Å². The fourth-order valence-corrected chi connectivity index (χ4v) is 8.89. The van der Waals surface area contributed by atoms with Crippen LogP contribution in [0, 0.1) is 11.8 Å². The molecule has 8 heteroatoms. The molecule has 4 N–H and O–H groups in total. The van der Waals surface area contributed by atoms with E-state index in [2.05, 4.69) is 15.5 Å². The van der Waals surface area contributed by atoms with Crippen molar-refractivity contribution in [2.24, 2.45) is 11.8 Å². The standard InChI is InChI=1S/C42H55N3O5/c1-29(2)39(42(49,32-14-8-4-9-15-32)33-16-10-5-11-17-33)44-41(48)43-34-20-18-30(19-21-34)24-25-45-35-22-23-36(45)27-37(26-35)50-40(47)38(28-46)31-12-6-3-7-13-31/h3-17,29-30,34-39,46,49H,18-28H2,1-2H3,(H2,43,44,48)/t30?,34?,35?,36?,37?,38?,39-/m1/s1. The second-order valence-electron chi connectivity index (χ2n) is 15.1. The number of aliphatic hydroxyl groups excluding tert-OH is 1. The van der Waals surface area contributed by atoms with Gasteiger partial charge in [0.1, 0.15) is 17.6 Å². The quantitative estimate of drug-likeness (QED) is 0.153. The molecule has 50 heavy (non-hydrogen) atoms. The Bertz CT molecular complexity index is 1460. The number of aliphatic hydroxyl groups is 2. The summed E-state index contributed by atoms with van der Waals surface area (Å²) in [5.41, 5.74) is 0.917. The minimum atomic E-state index is -1.38. The molecule has 3 unspecified atom stereocenters. The van der Waals surface area contributed by atoms with Crippen molar-refractivity contribution in [2.45, 2.75) is 113 Å². The van der Waals surface area contributed by atoms with Crippen LogP contribution in [0.1, 0.15) is 94.2 Å². The smallest absolute Gasteiger partial charge is 0.316 e. The van der Waals surface area contributed by atoms with Crippen LogP contribution in [0.3, 0.4) is 0 Å². The summed E-state index contributed by atoms with van der Waals surface area (Å²) in [6, 6.07) is 28.9. The van der Waals surface area contributed by atoms with E-state index in [4.69, 9.17) is 4.74 Å². The third-order valence-electron chi connectivity index (χ3n) is 11.6. The lowest BCUT2D eigenvalue weighted by Crippen LogP contribution is -2.57. The van der Waals surface area contributed by atoms with Gasteiger partial charge in [-0.25, -0.2) is 4.79 Å². The molecular formula is C42H55N3O5. The zero-order valence-corrected chi connectivity index (χ0v) is 29.6. The van der Waals surface area contributed by atoms with Crippen molar-refractivity contribution in [3.8, 4) is 0 Å². The number of urea groups is 1. The number of ether oxygens (including phenoxy) is 1. The summed E-state index contributed by atoms with van der Waals surface area (Å²) in [5.74, 6) is -0.350. The van der Waals surface area contributed by atoms with E-state index in [9.17, 15) is 19.8 Å². The van der Waals surface area contributed by atoms with Crippen LogP contribution in [0.5, 0.6) is 0 Å². The Morgan fingerprint density at radius 3 is 1.88 bits per heavy atom. The van der Waals surface area contributed by atoms with Crippen LogP contribution in [0.15, 0.2) is 91.0 Å². The molecular weight excluding hydrogens is 626 g/mol. The highest BCUT2D eigenvalue weighted by molar-refractivity contribution is 5.78. The van der Waals surface area contributed by atoms with Crippen molar-refractivity contribution >= 4 is 12.0 Å². The molecule has 8 nitrogen and oxygen atoms in total. The average molecular weight is 682 g/mol. The summed E-state index contributed by atoms with van der Waals surface area (Å²) in [6.45, 7) is 4.89. The predicted octanol–water partition coefficient (Wildman–Crippen LogP) is 6.51. The lowest BCUT2D eigenvalue weighted by Gasteiger charge is -2.41. The van der Waals surface area contributed by atoms with E-state index in [1.807, 2.05) is 105 Å². The fourth-order valence-electron chi connectivity index (χ4n) is 8.89. The molecule has 3 aliphatic rings. The maximum Gasteiger partial charge on any atom is 0.316 e. The molecule has 0 aromatic heterocycles. The molecule has 3 aromatic carbocycles. The SMILES string of the molecule is CC(C)[C@@H](NC(=O)NC1CCC(CCN2C3CCC2CC(OC(=O)C(CO)c2ccccc2)C3)CC1)C(O)(c1ccccc1)c1ccccc1. The molecule has 2 saturated heterocycles. The number of carbonyl (C=O) groups excluding carboxylic acids is 2. The van der Waals surface area contributed by atoms with Crippen LogP contribution in [0.2, 0.25) is 0 Å². The molecule has 2 aliphatic heterocycles. The Morgan fingerprint density at radius 1 is 0.820 bits per heavy atom. The van der Waals surface area contributed by atoms with Crippen molar-refractivity contribution in [2.75, 3.05) is 13.2 Å². The van der Waals surface area contributed by atoms with Gasteiger partial charge in [-0.3, -0.25) is 9.69 Å². The third-order valence-corrected chi connectivity index (χ3v) is 11.6. The second-order valence-corrected chi connectivity index (χ2v) is 15.1. The molecule has 1 aliphatic carbocycles. The summed E-state index contributed by atoms with van der Waals surface area (Å²) in [7, 11) is 0. The van der Waals surface area contributed by atoms with E-state index in [0.717, 1.165) is 81.0 Å². The molecule has 2 amide bonds. The Balaban J connectivity index is 0.967. The van der Waals surface area contributed by atoms with Crippen molar-refractivity contribution in [1.29, 1.82) is 0 Å². The number of fused-ring (bicyclic) bond motifs is 2. The Labute approximate surface area is 297 Å². The molecule has 0 radical (unpaired) electrons. The normalized spacial score (nSPS) is 25.1. The molecule has 268 valence electrons.